The lowest BCUT2D eigenvalue weighted by molar-refractivity contribution is 0.130. The second kappa shape index (κ2) is 9.59. The third-order valence-electron chi connectivity index (χ3n) is 5.48. The van der Waals surface area contributed by atoms with Crippen molar-refractivity contribution in [2.24, 2.45) is 5.16 Å². The van der Waals surface area contributed by atoms with Gasteiger partial charge in [0.05, 0.1) is 32.0 Å². The van der Waals surface area contributed by atoms with Crippen LogP contribution in [0.2, 0.25) is 10.0 Å². The van der Waals surface area contributed by atoms with Gasteiger partial charge in [-0.15, -0.1) is 11.3 Å². The van der Waals surface area contributed by atoms with E-state index in [4.69, 9.17) is 38.0 Å². The van der Waals surface area contributed by atoms with E-state index in [2.05, 4.69) is 22.3 Å². The van der Waals surface area contributed by atoms with E-state index in [0.29, 0.717) is 10.0 Å². The number of aromatic nitrogens is 3. The van der Waals surface area contributed by atoms with E-state index in [0.717, 1.165) is 63.1 Å². The molecule has 0 saturated heterocycles. The van der Waals surface area contributed by atoms with Crippen LogP contribution in [0.15, 0.2) is 60.0 Å². The second-order valence-corrected chi connectivity index (χ2v) is 9.54. The molecule has 0 spiro atoms. The molecule has 33 heavy (non-hydrogen) atoms. The number of hydrogen-bond acceptors (Lipinski definition) is 6. The lowest BCUT2D eigenvalue weighted by atomic mass is 9.94. The standard InChI is InChI=1S/C25H20Cl2N4OS/c1-15-24(33-25(29-15)17-7-4-12-28-13-17)21-11-10-16-5-3-9-20(23(16)30-21)31-32-14-18-6-2-8-19(26)22(18)27/h2,4,6-8,10-13H,3,5,9,14H2,1H3/b31-20+. The fourth-order valence-corrected chi connectivity index (χ4v) is 5.21. The highest BCUT2D eigenvalue weighted by Crippen LogP contribution is 2.35. The van der Waals surface area contributed by atoms with Gasteiger partial charge in [0.1, 0.15) is 17.3 Å². The van der Waals surface area contributed by atoms with Crippen molar-refractivity contribution in [1.29, 1.82) is 0 Å². The number of benzene rings is 1. The zero-order valence-electron chi connectivity index (χ0n) is 17.9. The summed E-state index contributed by atoms with van der Waals surface area (Å²) in [5.41, 5.74) is 6.58. The minimum Gasteiger partial charge on any atom is -0.391 e. The van der Waals surface area contributed by atoms with Crippen LogP contribution in [0.1, 0.15) is 35.4 Å². The third kappa shape index (κ3) is 4.64. The quantitative estimate of drug-likeness (QED) is 0.276. The molecule has 1 aliphatic rings. The predicted molar refractivity (Wildman–Crippen MR) is 134 cm³/mol. The molecular weight excluding hydrogens is 475 g/mol. The van der Waals surface area contributed by atoms with Gasteiger partial charge in [0, 0.05) is 23.5 Å². The number of rotatable bonds is 5. The number of nitrogens with zero attached hydrogens (tertiary/aromatic N) is 4. The van der Waals surface area contributed by atoms with Gasteiger partial charge in [0.25, 0.3) is 0 Å². The highest BCUT2D eigenvalue weighted by atomic mass is 35.5. The summed E-state index contributed by atoms with van der Waals surface area (Å²) in [6, 6.07) is 13.6. The smallest absolute Gasteiger partial charge is 0.143 e. The van der Waals surface area contributed by atoms with E-state index in [9.17, 15) is 0 Å². The fourth-order valence-electron chi connectivity index (χ4n) is 3.81. The molecule has 0 saturated carbocycles. The molecule has 3 aromatic heterocycles. The van der Waals surface area contributed by atoms with E-state index in [1.807, 2.05) is 37.4 Å². The maximum atomic E-state index is 6.26. The maximum absolute atomic E-state index is 6.26. The van der Waals surface area contributed by atoms with Crippen molar-refractivity contribution in [3.05, 3.63) is 87.4 Å². The largest absolute Gasteiger partial charge is 0.391 e. The average molecular weight is 495 g/mol. The fraction of sp³-hybridized carbons (Fsp3) is 0.200. The van der Waals surface area contributed by atoms with E-state index < -0.39 is 0 Å². The van der Waals surface area contributed by atoms with Crippen LogP contribution < -0.4 is 0 Å². The molecule has 0 bridgehead atoms. The van der Waals surface area contributed by atoms with Gasteiger partial charge in [-0.25, -0.2) is 9.97 Å². The Morgan fingerprint density at radius 1 is 1.06 bits per heavy atom. The zero-order chi connectivity index (χ0) is 22.8. The molecule has 0 amide bonds. The number of oxime groups is 1. The lowest BCUT2D eigenvalue weighted by Gasteiger charge is -2.17. The summed E-state index contributed by atoms with van der Waals surface area (Å²) in [4.78, 5) is 20.7. The Bertz CT molecular complexity index is 1340. The molecule has 0 aliphatic heterocycles. The molecule has 0 fully saturated rings. The molecular formula is C25H20Cl2N4OS. The monoisotopic (exact) mass is 494 g/mol. The zero-order valence-corrected chi connectivity index (χ0v) is 20.2. The summed E-state index contributed by atoms with van der Waals surface area (Å²) in [5.74, 6) is 0. The number of aryl methyl sites for hydroxylation is 2. The van der Waals surface area contributed by atoms with Gasteiger partial charge in [-0.3, -0.25) is 4.98 Å². The Hall–Kier alpha value is -2.80. The number of pyridine rings is 2. The molecule has 1 aliphatic carbocycles. The Morgan fingerprint density at radius 3 is 2.82 bits per heavy atom. The van der Waals surface area contributed by atoms with Crippen molar-refractivity contribution < 1.29 is 4.84 Å². The van der Waals surface area contributed by atoms with Gasteiger partial charge >= 0.3 is 0 Å². The van der Waals surface area contributed by atoms with Crippen molar-refractivity contribution in [1.82, 2.24) is 15.0 Å². The lowest BCUT2D eigenvalue weighted by Crippen LogP contribution is -2.15. The molecule has 0 N–H and O–H groups in total. The first-order valence-electron chi connectivity index (χ1n) is 10.6. The van der Waals surface area contributed by atoms with Gasteiger partial charge < -0.3 is 4.84 Å². The van der Waals surface area contributed by atoms with Gasteiger partial charge in [0.15, 0.2) is 0 Å². The van der Waals surface area contributed by atoms with Crippen LogP contribution >= 0.6 is 34.5 Å². The normalized spacial score (nSPS) is 14.3. The predicted octanol–water partition coefficient (Wildman–Crippen LogP) is 7.14. The van der Waals surface area contributed by atoms with E-state index in [1.54, 1.807) is 23.6 Å². The molecule has 5 rings (SSSR count). The topological polar surface area (TPSA) is 60.3 Å². The minimum absolute atomic E-state index is 0.250. The molecule has 0 unspecified atom stereocenters. The molecule has 0 radical (unpaired) electrons. The number of halogens is 2. The first-order valence-corrected chi connectivity index (χ1v) is 12.2. The van der Waals surface area contributed by atoms with Crippen LogP contribution in [-0.2, 0) is 17.9 Å². The molecule has 0 atom stereocenters. The molecule has 3 heterocycles. The molecule has 166 valence electrons. The summed E-state index contributed by atoms with van der Waals surface area (Å²) in [5, 5.41) is 6.37. The number of thiazole rings is 1. The third-order valence-corrected chi connectivity index (χ3v) is 7.56. The second-order valence-electron chi connectivity index (χ2n) is 7.76. The van der Waals surface area contributed by atoms with Gasteiger partial charge in [-0.1, -0.05) is 46.6 Å². The average Bonchev–Trinajstić information content (AvgIpc) is 3.24. The Labute approximate surface area is 206 Å². The van der Waals surface area contributed by atoms with Crippen LogP contribution in [0.4, 0.5) is 0 Å². The van der Waals surface area contributed by atoms with E-state index >= 15 is 0 Å². The number of fused-ring (bicyclic) bond motifs is 1. The molecule has 4 aromatic rings. The highest BCUT2D eigenvalue weighted by Gasteiger charge is 2.21. The van der Waals surface area contributed by atoms with E-state index in [1.165, 1.54) is 5.56 Å². The molecule has 1 aromatic carbocycles. The first-order chi connectivity index (χ1) is 16.1. The summed E-state index contributed by atoms with van der Waals surface area (Å²) in [7, 11) is 0. The molecule has 5 nitrogen and oxygen atoms in total. The summed E-state index contributed by atoms with van der Waals surface area (Å²) in [6.07, 6.45) is 6.40. The Balaban J connectivity index is 1.43. The summed E-state index contributed by atoms with van der Waals surface area (Å²) in [6.45, 7) is 2.26. The van der Waals surface area contributed by atoms with Crippen molar-refractivity contribution in [3.8, 4) is 21.1 Å². The van der Waals surface area contributed by atoms with E-state index in [-0.39, 0.29) is 6.61 Å². The summed E-state index contributed by atoms with van der Waals surface area (Å²) >= 11 is 14.0. The number of hydrogen-bond donors (Lipinski definition) is 0. The maximum Gasteiger partial charge on any atom is 0.143 e. The van der Waals surface area contributed by atoms with Crippen LogP contribution in [0.3, 0.4) is 0 Å². The SMILES string of the molecule is Cc1nc(-c2cccnc2)sc1-c1ccc2c(n1)/C(=N/OCc1cccc(Cl)c1Cl)CCC2. The van der Waals surface area contributed by atoms with Crippen LogP contribution in [-0.4, -0.2) is 20.7 Å². The van der Waals surface area contributed by atoms with Gasteiger partial charge in [-0.05, 0) is 56.0 Å². The van der Waals surface area contributed by atoms with Crippen LogP contribution in [0.25, 0.3) is 21.1 Å². The van der Waals surface area contributed by atoms with Crippen molar-refractivity contribution in [2.75, 3.05) is 0 Å². The van der Waals surface area contributed by atoms with Gasteiger partial charge in [-0.2, -0.15) is 0 Å². The van der Waals surface area contributed by atoms with Crippen LogP contribution in [0, 0.1) is 6.92 Å². The van der Waals surface area contributed by atoms with Crippen LogP contribution in [0.5, 0.6) is 0 Å². The van der Waals surface area contributed by atoms with Crippen molar-refractivity contribution >= 4 is 40.3 Å². The van der Waals surface area contributed by atoms with Crippen molar-refractivity contribution in [3.63, 3.8) is 0 Å². The van der Waals surface area contributed by atoms with Gasteiger partial charge in [0.2, 0.25) is 0 Å². The Morgan fingerprint density at radius 2 is 1.97 bits per heavy atom. The van der Waals surface area contributed by atoms with Crippen molar-refractivity contribution in [2.45, 2.75) is 32.8 Å². The highest BCUT2D eigenvalue weighted by molar-refractivity contribution is 7.18. The molecule has 8 heteroatoms. The Kier molecular flexibility index (Phi) is 6.40. The first kappa shape index (κ1) is 22.0. The summed E-state index contributed by atoms with van der Waals surface area (Å²) < 4.78 is 0. The minimum atomic E-state index is 0.250.